The molecular weight excluding hydrogens is 283 g/mol. The van der Waals surface area contributed by atoms with E-state index in [0.29, 0.717) is 10.8 Å². The van der Waals surface area contributed by atoms with Crippen molar-refractivity contribution >= 4 is 24.0 Å². The Labute approximate surface area is 124 Å². The largest absolute Gasteiger partial charge is 0.495 e. The van der Waals surface area contributed by atoms with Crippen LogP contribution in [0.15, 0.2) is 42.6 Å². The maximum absolute atomic E-state index is 6.06. The van der Waals surface area contributed by atoms with Crippen molar-refractivity contribution in [2.24, 2.45) is 0 Å². The van der Waals surface area contributed by atoms with Crippen molar-refractivity contribution in [2.75, 3.05) is 7.11 Å². The molecule has 102 valence electrons. The molecule has 1 aromatic carbocycles. The lowest BCUT2D eigenvalue weighted by molar-refractivity contribution is 0.415. The number of halogens is 2. The number of methoxy groups -OCH3 is 1. The zero-order valence-electron chi connectivity index (χ0n) is 10.6. The summed E-state index contributed by atoms with van der Waals surface area (Å²) >= 11 is 6.06. The van der Waals surface area contributed by atoms with Crippen LogP contribution in [0.2, 0.25) is 5.02 Å². The summed E-state index contributed by atoms with van der Waals surface area (Å²) in [4.78, 5) is 4.25. The Morgan fingerprint density at radius 2 is 2.05 bits per heavy atom. The van der Waals surface area contributed by atoms with Gasteiger partial charge in [-0.05, 0) is 29.8 Å². The van der Waals surface area contributed by atoms with Gasteiger partial charge < -0.3 is 10.1 Å². The molecule has 0 aliphatic rings. The molecule has 0 radical (unpaired) electrons. The van der Waals surface area contributed by atoms with E-state index >= 15 is 0 Å². The molecule has 1 aromatic heterocycles. The first kappa shape index (κ1) is 15.8. The van der Waals surface area contributed by atoms with Gasteiger partial charge in [0.05, 0.1) is 17.8 Å². The first-order chi connectivity index (χ1) is 8.79. The van der Waals surface area contributed by atoms with Crippen molar-refractivity contribution in [1.82, 2.24) is 10.3 Å². The predicted octanol–water partition coefficient (Wildman–Crippen LogP) is 3.46. The van der Waals surface area contributed by atoms with Crippen molar-refractivity contribution < 1.29 is 4.74 Å². The van der Waals surface area contributed by atoms with E-state index in [4.69, 9.17) is 16.3 Å². The van der Waals surface area contributed by atoms with Crippen LogP contribution in [-0.4, -0.2) is 12.1 Å². The number of pyridine rings is 1. The minimum Gasteiger partial charge on any atom is -0.495 e. The monoisotopic (exact) mass is 298 g/mol. The zero-order chi connectivity index (χ0) is 12.8. The van der Waals surface area contributed by atoms with Gasteiger partial charge in [0.25, 0.3) is 0 Å². The van der Waals surface area contributed by atoms with Crippen LogP contribution in [0, 0.1) is 0 Å². The van der Waals surface area contributed by atoms with Crippen molar-refractivity contribution in [1.29, 1.82) is 0 Å². The third-order valence-corrected chi connectivity index (χ3v) is 2.87. The second kappa shape index (κ2) is 8.00. The van der Waals surface area contributed by atoms with Crippen LogP contribution < -0.4 is 10.1 Å². The van der Waals surface area contributed by atoms with Gasteiger partial charge in [0.2, 0.25) is 0 Å². The van der Waals surface area contributed by atoms with Crippen molar-refractivity contribution in [3.63, 3.8) is 0 Å². The van der Waals surface area contributed by atoms with E-state index in [1.165, 1.54) is 0 Å². The van der Waals surface area contributed by atoms with E-state index in [1.807, 2.05) is 36.4 Å². The van der Waals surface area contributed by atoms with Gasteiger partial charge in [-0.25, -0.2) is 0 Å². The van der Waals surface area contributed by atoms with E-state index in [0.717, 1.165) is 24.3 Å². The Hall–Kier alpha value is -1.29. The molecule has 0 fully saturated rings. The van der Waals surface area contributed by atoms with Crippen LogP contribution in [-0.2, 0) is 13.1 Å². The van der Waals surface area contributed by atoms with Crippen LogP contribution in [0.25, 0.3) is 0 Å². The number of hydrogen-bond donors (Lipinski definition) is 1. The Bertz CT molecular complexity index is 506. The number of ether oxygens (including phenoxy) is 1. The van der Waals surface area contributed by atoms with Gasteiger partial charge in [-0.2, -0.15) is 0 Å². The first-order valence-corrected chi connectivity index (χ1v) is 6.10. The molecular formula is C14H16Cl2N2O. The summed E-state index contributed by atoms with van der Waals surface area (Å²) in [6.45, 7) is 1.49. The Morgan fingerprint density at radius 1 is 1.21 bits per heavy atom. The molecule has 19 heavy (non-hydrogen) atoms. The summed E-state index contributed by atoms with van der Waals surface area (Å²) in [6.07, 6.45) is 1.79. The summed E-state index contributed by atoms with van der Waals surface area (Å²) in [5.74, 6) is 0.699. The fraction of sp³-hybridized carbons (Fsp3) is 0.214. The maximum Gasteiger partial charge on any atom is 0.137 e. The number of benzene rings is 1. The number of rotatable bonds is 5. The summed E-state index contributed by atoms with van der Waals surface area (Å²) < 4.78 is 5.11. The average molecular weight is 299 g/mol. The highest BCUT2D eigenvalue weighted by Crippen LogP contribution is 2.24. The molecule has 3 nitrogen and oxygen atoms in total. The lowest BCUT2D eigenvalue weighted by atomic mass is 10.2. The van der Waals surface area contributed by atoms with Gasteiger partial charge in [-0.1, -0.05) is 23.7 Å². The molecule has 0 aliphatic heterocycles. The molecule has 2 rings (SSSR count). The highest BCUT2D eigenvalue weighted by atomic mass is 35.5. The summed E-state index contributed by atoms with van der Waals surface area (Å²) in [7, 11) is 1.61. The molecule has 2 aromatic rings. The third kappa shape index (κ3) is 4.71. The fourth-order valence-electron chi connectivity index (χ4n) is 1.66. The number of hydrogen-bond acceptors (Lipinski definition) is 3. The molecule has 0 saturated heterocycles. The number of aromatic nitrogens is 1. The quantitative estimate of drug-likeness (QED) is 0.918. The Morgan fingerprint density at radius 3 is 2.68 bits per heavy atom. The highest BCUT2D eigenvalue weighted by Gasteiger charge is 2.01. The van der Waals surface area contributed by atoms with Crippen LogP contribution in [0.4, 0.5) is 0 Å². The van der Waals surface area contributed by atoms with E-state index in [2.05, 4.69) is 10.3 Å². The third-order valence-electron chi connectivity index (χ3n) is 2.58. The smallest absolute Gasteiger partial charge is 0.137 e. The van der Waals surface area contributed by atoms with Gasteiger partial charge in [-0.15, -0.1) is 12.4 Å². The maximum atomic E-state index is 6.06. The average Bonchev–Trinajstić information content (AvgIpc) is 2.40. The summed E-state index contributed by atoms with van der Waals surface area (Å²) in [6, 6.07) is 11.7. The summed E-state index contributed by atoms with van der Waals surface area (Å²) in [5, 5.41) is 3.95. The number of nitrogens with zero attached hydrogens (tertiary/aromatic N) is 1. The van der Waals surface area contributed by atoms with Crippen LogP contribution >= 0.6 is 24.0 Å². The molecule has 1 heterocycles. The van der Waals surface area contributed by atoms with Crippen molar-refractivity contribution in [3.8, 4) is 5.75 Å². The predicted molar refractivity (Wildman–Crippen MR) is 80.0 cm³/mol. The topological polar surface area (TPSA) is 34.1 Å². The highest BCUT2D eigenvalue weighted by molar-refractivity contribution is 6.32. The summed E-state index contributed by atoms with van der Waals surface area (Å²) in [5.41, 5.74) is 2.15. The lowest BCUT2D eigenvalue weighted by Crippen LogP contribution is -2.13. The van der Waals surface area contributed by atoms with E-state index in [-0.39, 0.29) is 12.4 Å². The van der Waals surface area contributed by atoms with Crippen molar-refractivity contribution in [2.45, 2.75) is 13.1 Å². The van der Waals surface area contributed by atoms with E-state index < -0.39 is 0 Å². The van der Waals surface area contributed by atoms with Gasteiger partial charge in [-0.3, -0.25) is 4.98 Å². The molecule has 5 heteroatoms. The minimum atomic E-state index is 0. The minimum absolute atomic E-state index is 0. The molecule has 0 atom stereocenters. The van der Waals surface area contributed by atoms with Gasteiger partial charge in [0.1, 0.15) is 5.75 Å². The van der Waals surface area contributed by atoms with Crippen LogP contribution in [0.5, 0.6) is 5.75 Å². The molecule has 0 amide bonds. The molecule has 0 spiro atoms. The molecule has 1 N–H and O–H groups in total. The van der Waals surface area contributed by atoms with Gasteiger partial charge >= 0.3 is 0 Å². The Kier molecular flexibility index (Phi) is 6.64. The van der Waals surface area contributed by atoms with E-state index in [1.54, 1.807) is 13.3 Å². The normalized spacial score (nSPS) is 9.79. The van der Waals surface area contributed by atoms with E-state index in [9.17, 15) is 0 Å². The Balaban J connectivity index is 0.00000180. The van der Waals surface area contributed by atoms with Crippen LogP contribution in [0.3, 0.4) is 0 Å². The SMILES string of the molecule is COc1ccc(CNCc2ccccn2)cc1Cl.Cl. The van der Waals surface area contributed by atoms with Gasteiger partial charge in [0.15, 0.2) is 0 Å². The standard InChI is InChI=1S/C14H15ClN2O.ClH/c1-18-14-6-5-11(8-13(14)15)9-16-10-12-4-2-3-7-17-12;/h2-8,16H,9-10H2,1H3;1H. The molecule has 0 aliphatic carbocycles. The molecule has 0 bridgehead atoms. The fourth-order valence-corrected chi connectivity index (χ4v) is 1.94. The lowest BCUT2D eigenvalue weighted by Gasteiger charge is -2.07. The second-order valence-electron chi connectivity index (χ2n) is 3.89. The molecule has 0 saturated carbocycles. The van der Waals surface area contributed by atoms with Gasteiger partial charge in [0, 0.05) is 19.3 Å². The van der Waals surface area contributed by atoms with Crippen molar-refractivity contribution in [3.05, 3.63) is 58.9 Å². The molecule has 0 unspecified atom stereocenters. The number of nitrogens with one attached hydrogen (secondary N) is 1. The second-order valence-corrected chi connectivity index (χ2v) is 4.30. The first-order valence-electron chi connectivity index (χ1n) is 5.72. The zero-order valence-corrected chi connectivity index (χ0v) is 12.2. The van der Waals surface area contributed by atoms with Crippen LogP contribution in [0.1, 0.15) is 11.3 Å².